The summed E-state index contributed by atoms with van der Waals surface area (Å²) in [5.41, 5.74) is 3.06. The number of benzene rings is 2. The number of hydrazone groups is 1. The van der Waals surface area contributed by atoms with Crippen LogP contribution >= 0.6 is 23.2 Å². The Morgan fingerprint density at radius 3 is 2.46 bits per heavy atom. The summed E-state index contributed by atoms with van der Waals surface area (Å²) in [6.45, 7) is 3.78. The van der Waals surface area contributed by atoms with Crippen LogP contribution in [0, 0.1) is 0 Å². The first-order valence-corrected chi connectivity index (χ1v) is 13.8. The second kappa shape index (κ2) is 12.3. The summed E-state index contributed by atoms with van der Waals surface area (Å²) in [6, 6.07) is 18.0. The average Bonchev–Trinajstić information content (AvgIpc) is 3.58. The lowest BCUT2D eigenvalue weighted by atomic mass is 10.0. The summed E-state index contributed by atoms with van der Waals surface area (Å²) >= 11 is 12.5. The van der Waals surface area contributed by atoms with Crippen LogP contribution in [0.3, 0.4) is 0 Å². The zero-order valence-electron chi connectivity index (χ0n) is 21.8. The molecular formula is C29H31Cl2N5O3. The first-order chi connectivity index (χ1) is 18.9. The SMILES string of the molecule is Cn1cccc1C1=NN(C(=O)CN(CCN2CCOCC2)C(=O)c2ccccc2Cl)[C@@H](c2ccc(Cl)cc2)C1. The molecule has 0 saturated carbocycles. The number of amides is 2. The van der Waals surface area contributed by atoms with Gasteiger partial charge in [-0.15, -0.1) is 0 Å². The summed E-state index contributed by atoms with van der Waals surface area (Å²) in [5.74, 6) is -0.544. The molecule has 0 unspecified atom stereocenters. The molecule has 2 aliphatic heterocycles. The zero-order chi connectivity index (χ0) is 27.4. The van der Waals surface area contributed by atoms with Crippen molar-refractivity contribution in [2.75, 3.05) is 45.9 Å². The molecule has 1 saturated heterocycles. The molecule has 5 rings (SSSR count). The molecule has 204 valence electrons. The summed E-state index contributed by atoms with van der Waals surface area (Å²) in [7, 11) is 1.95. The number of carbonyl (C=O) groups excluding carboxylic acids is 2. The van der Waals surface area contributed by atoms with E-state index >= 15 is 0 Å². The molecule has 8 nitrogen and oxygen atoms in total. The van der Waals surface area contributed by atoms with Gasteiger partial charge in [-0.25, -0.2) is 5.01 Å². The number of hydrogen-bond donors (Lipinski definition) is 0. The molecule has 0 bridgehead atoms. The average molecular weight is 569 g/mol. The molecule has 0 spiro atoms. The Bertz CT molecular complexity index is 1350. The topological polar surface area (TPSA) is 70.4 Å². The van der Waals surface area contributed by atoms with Crippen LogP contribution in [0.5, 0.6) is 0 Å². The number of carbonyl (C=O) groups is 2. The summed E-state index contributed by atoms with van der Waals surface area (Å²) in [4.78, 5) is 31.4. The predicted molar refractivity (Wildman–Crippen MR) is 152 cm³/mol. The quantitative estimate of drug-likeness (QED) is 0.402. The second-order valence-corrected chi connectivity index (χ2v) is 10.6. The van der Waals surface area contributed by atoms with E-state index in [1.807, 2.05) is 54.2 Å². The smallest absolute Gasteiger partial charge is 0.262 e. The van der Waals surface area contributed by atoms with E-state index < -0.39 is 0 Å². The van der Waals surface area contributed by atoms with Crippen molar-refractivity contribution in [1.29, 1.82) is 0 Å². The maximum absolute atomic E-state index is 13.9. The molecule has 1 aromatic heterocycles. The molecule has 0 N–H and O–H groups in total. The molecule has 0 radical (unpaired) electrons. The maximum Gasteiger partial charge on any atom is 0.262 e. The minimum atomic E-state index is -0.309. The molecule has 2 aromatic carbocycles. The van der Waals surface area contributed by atoms with Gasteiger partial charge < -0.3 is 14.2 Å². The van der Waals surface area contributed by atoms with E-state index in [2.05, 4.69) is 4.90 Å². The van der Waals surface area contributed by atoms with Crippen molar-refractivity contribution in [2.24, 2.45) is 12.1 Å². The van der Waals surface area contributed by atoms with Crippen LogP contribution in [0.25, 0.3) is 0 Å². The van der Waals surface area contributed by atoms with Crippen LogP contribution in [0.1, 0.15) is 34.1 Å². The molecule has 10 heteroatoms. The van der Waals surface area contributed by atoms with Crippen molar-refractivity contribution in [3.05, 3.63) is 93.7 Å². The van der Waals surface area contributed by atoms with Gasteiger partial charge in [-0.3, -0.25) is 14.5 Å². The molecule has 1 atom stereocenters. The fourth-order valence-electron chi connectivity index (χ4n) is 4.98. The Labute approximate surface area is 238 Å². The van der Waals surface area contributed by atoms with Crippen LogP contribution in [0.4, 0.5) is 0 Å². The van der Waals surface area contributed by atoms with Gasteiger partial charge >= 0.3 is 0 Å². The first kappa shape index (κ1) is 27.4. The lowest BCUT2D eigenvalue weighted by Gasteiger charge is -2.31. The van der Waals surface area contributed by atoms with Crippen LogP contribution in [-0.2, 0) is 16.6 Å². The van der Waals surface area contributed by atoms with Gasteiger partial charge in [0, 0.05) is 50.9 Å². The molecule has 0 aliphatic carbocycles. The number of ether oxygens (including phenoxy) is 1. The predicted octanol–water partition coefficient (Wildman–Crippen LogP) is 4.48. The van der Waals surface area contributed by atoms with Gasteiger partial charge in [0.15, 0.2) is 0 Å². The van der Waals surface area contributed by atoms with E-state index in [0.29, 0.717) is 48.3 Å². The molecule has 3 heterocycles. The van der Waals surface area contributed by atoms with E-state index in [4.69, 9.17) is 33.0 Å². The lowest BCUT2D eigenvalue weighted by Crippen LogP contribution is -2.46. The third kappa shape index (κ3) is 6.36. The highest BCUT2D eigenvalue weighted by Crippen LogP contribution is 2.33. The second-order valence-electron chi connectivity index (χ2n) is 9.72. The van der Waals surface area contributed by atoms with Crippen LogP contribution in [-0.4, -0.2) is 82.8 Å². The number of morpholine rings is 1. The Morgan fingerprint density at radius 2 is 1.77 bits per heavy atom. The van der Waals surface area contributed by atoms with Crippen molar-refractivity contribution in [3.63, 3.8) is 0 Å². The fraction of sp³-hybridized carbons (Fsp3) is 0.345. The third-order valence-electron chi connectivity index (χ3n) is 7.17. The van der Waals surface area contributed by atoms with E-state index in [1.165, 1.54) is 5.01 Å². The molecule has 1 fully saturated rings. The van der Waals surface area contributed by atoms with Gasteiger partial charge in [0.05, 0.1) is 41.2 Å². The number of aryl methyl sites for hydroxylation is 1. The van der Waals surface area contributed by atoms with Gasteiger partial charge in [0.1, 0.15) is 6.54 Å². The zero-order valence-corrected chi connectivity index (χ0v) is 23.3. The highest BCUT2D eigenvalue weighted by Gasteiger charge is 2.35. The normalized spacial score (nSPS) is 17.8. The number of rotatable bonds is 8. The summed E-state index contributed by atoms with van der Waals surface area (Å²) in [5, 5.41) is 7.28. The van der Waals surface area contributed by atoms with Gasteiger partial charge in [-0.05, 0) is 42.0 Å². The standard InChI is InChI=1S/C29H31Cl2N5O3/c1-33-12-4-7-26(33)25-19-27(21-8-10-22(30)11-9-21)36(32-25)28(37)20-35(14-13-34-15-17-39-18-16-34)29(38)23-5-2-3-6-24(23)31/h2-12,27H,13-20H2,1H3/t27-/m1/s1. The largest absolute Gasteiger partial charge is 0.379 e. The number of aromatic nitrogens is 1. The fourth-order valence-corrected chi connectivity index (χ4v) is 5.32. The minimum absolute atomic E-state index is 0.123. The van der Waals surface area contributed by atoms with E-state index in [-0.39, 0.29) is 24.4 Å². The van der Waals surface area contributed by atoms with Crippen molar-refractivity contribution < 1.29 is 14.3 Å². The van der Waals surface area contributed by atoms with Crippen molar-refractivity contribution >= 4 is 40.7 Å². The van der Waals surface area contributed by atoms with Gasteiger partial charge in [0.2, 0.25) is 0 Å². The van der Waals surface area contributed by atoms with Crippen molar-refractivity contribution in [2.45, 2.75) is 12.5 Å². The van der Waals surface area contributed by atoms with Crippen molar-refractivity contribution in [3.8, 4) is 0 Å². The van der Waals surface area contributed by atoms with Gasteiger partial charge in [-0.1, -0.05) is 47.5 Å². The number of halogens is 2. The van der Waals surface area contributed by atoms with Crippen LogP contribution in [0.15, 0.2) is 72.0 Å². The summed E-state index contributed by atoms with van der Waals surface area (Å²) < 4.78 is 7.44. The highest BCUT2D eigenvalue weighted by molar-refractivity contribution is 6.33. The maximum atomic E-state index is 13.9. The Morgan fingerprint density at radius 1 is 1.03 bits per heavy atom. The Balaban J connectivity index is 1.41. The molecule has 39 heavy (non-hydrogen) atoms. The third-order valence-corrected chi connectivity index (χ3v) is 7.75. The molecular weight excluding hydrogens is 537 g/mol. The Hall–Kier alpha value is -3.17. The highest BCUT2D eigenvalue weighted by atomic mass is 35.5. The molecule has 3 aromatic rings. The van der Waals surface area contributed by atoms with Crippen molar-refractivity contribution in [1.82, 2.24) is 19.4 Å². The Kier molecular flexibility index (Phi) is 8.67. The number of hydrogen-bond acceptors (Lipinski definition) is 5. The van der Waals surface area contributed by atoms with E-state index in [0.717, 1.165) is 30.1 Å². The monoisotopic (exact) mass is 567 g/mol. The lowest BCUT2D eigenvalue weighted by molar-refractivity contribution is -0.133. The summed E-state index contributed by atoms with van der Waals surface area (Å²) in [6.07, 6.45) is 2.51. The van der Waals surface area contributed by atoms with Gasteiger partial charge in [0.25, 0.3) is 11.8 Å². The van der Waals surface area contributed by atoms with E-state index in [9.17, 15) is 9.59 Å². The molecule has 2 amide bonds. The van der Waals surface area contributed by atoms with Gasteiger partial charge in [-0.2, -0.15) is 5.10 Å². The van der Waals surface area contributed by atoms with Crippen LogP contribution < -0.4 is 0 Å². The first-order valence-electron chi connectivity index (χ1n) is 13.0. The van der Waals surface area contributed by atoms with Crippen LogP contribution in [0.2, 0.25) is 10.0 Å². The minimum Gasteiger partial charge on any atom is -0.379 e. The molecule has 2 aliphatic rings. The van der Waals surface area contributed by atoms with E-state index in [1.54, 1.807) is 29.2 Å². The number of nitrogens with zero attached hydrogens (tertiary/aromatic N) is 5.